The first-order chi connectivity index (χ1) is 9.71. The van der Waals surface area contributed by atoms with E-state index in [-0.39, 0.29) is 0 Å². The van der Waals surface area contributed by atoms with Gasteiger partial charge in [0.2, 0.25) is 5.89 Å². The van der Waals surface area contributed by atoms with Crippen LogP contribution >= 0.6 is 0 Å². The zero-order chi connectivity index (χ0) is 14.4. The largest absolute Gasteiger partial charge is 0.497 e. The molecule has 0 saturated heterocycles. The molecule has 5 heteroatoms. The molecule has 2 aromatic rings. The minimum absolute atomic E-state index is 0.476. The van der Waals surface area contributed by atoms with Gasteiger partial charge in [0.15, 0.2) is 5.82 Å². The van der Waals surface area contributed by atoms with Crippen LogP contribution in [-0.4, -0.2) is 23.8 Å². The van der Waals surface area contributed by atoms with Gasteiger partial charge in [-0.3, -0.25) is 0 Å². The van der Waals surface area contributed by atoms with Crippen molar-refractivity contribution >= 4 is 0 Å². The van der Waals surface area contributed by atoms with E-state index >= 15 is 0 Å². The quantitative estimate of drug-likeness (QED) is 0.838. The highest BCUT2D eigenvalue weighted by Gasteiger charge is 2.09. The van der Waals surface area contributed by atoms with Gasteiger partial charge >= 0.3 is 0 Å². The molecule has 2 rings (SSSR count). The van der Waals surface area contributed by atoms with Crippen molar-refractivity contribution in [1.82, 2.24) is 10.1 Å². The van der Waals surface area contributed by atoms with E-state index in [2.05, 4.69) is 17.1 Å². The highest BCUT2D eigenvalue weighted by Crippen LogP contribution is 2.15. The number of nitrogens with two attached hydrogens (primary N) is 1. The van der Waals surface area contributed by atoms with Crippen molar-refractivity contribution in [2.75, 3.05) is 13.7 Å². The second-order valence-corrected chi connectivity index (χ2v) is 5.01. The Balaban J connectivity index is 1.95. The SMILES string of the molecule is COc1cccc(Cc2noc(CCC(C)CN)n2)c1. The standard InChI is InChI=1S/C15H21N3O2/c1-11(10-16)6-7-15-17-14(18-20-15)9-12-4-3-5-13(8-12)19-2/h3-5,8,11H,6-7,9-10,16H2,1-2H3. The topological polar surface area (TPSA) is 74.2 Å². The second-order valence-electron chi connectivity index (χ2n) is 5.01. The van der Waals surface area contributed by atoms with Crippen LogP contribution in [0, 0.1) is 5.92 Å². The number of methoxy groups -OCH3 is 1. The maximum Gasteiger partial charge on any atom is 0.226 e. The van der Waals surface area contributed by atoms with Crippen LogP contribution in [-0.2, 0) is 12.8 Å². The lowest BCUT2D eigenvalue weighted by Gasteiger charge is -2.04. The zero-order valence-electron chi connectivity index (χ0n) is 12.0. The van der Waals surface area contributed by atoms with Crippen molar-refractivity contribution in [3.63, 3.8) is 0 Å². The molecule has 1 heterocycles. The van der Waals surface area contributed by atoms with E-state index in [0.29, 0.717) is 30.6 Å². The molecule has 0 spiro atoms. The molecule has 0 radical (unpaired) electrons. The summed E-state index contributed by atoms with van der Waals surface area (Å²) in [7, 11) is 1.66. The van der Waals surface area contributed by atoms with E-state index in [4.69, 9.17) is 15.0 Å². The monoisotopic (exact) mass is 275 g/mol. The first-order valence-electron chi connectivity index (χ1n) is 6.85. The van der Waals surface area contributed by atoms with Gasteiger partial charge < -0.3 is 15.0 Å². The highest BCUT2D eigenvalue weighted by molar-refractivity contribution is 5.30. The Kier molecular flexibility index (Phi) is 5.12. The Bertz CT molecular complexity index is 539. The summed E-state index contributed by atoms with van der Waals surface area (Å²) in [5.41, 5.74) is 6.70. The van der Waals surface area contributed by atoms with E-state index in [1.807, 2.05) is 24.3 Å². The van der Waals surface area contributed by atoms with Crippen LogP contribution in [0.25, 0.3) is 0 Å². The molecule has 2 N–H and O–H groups in total. The summed E-state index contributed by atoms with van der Waals surface area (Å²) in [6.45, 7) is 2.80. The minimum atomic E-state index is 0.476. The van der Waals surface area contributed by atoms with Crippen molar-refractivity contribution in [1.29, 1.82) is 0 Å². The number of nitrogens with zero attached hydrogens (tertiary/aromatic N) is 2. The maximum atomic E-state index is 5.59. The van der Waals surface area contributed by atoms with Crippen LogP contribution in [0.5, 0.6) is 5.75 Å². The van der Waals surface area contributed by atoms with Gasteiger partial charge in [0.25, 0.3) is 0 Å². The second kappa shape index (κ2) is 7.05. The summed E-state index contributed by atoms with van der Waals surface area (Å²) in [5.74, 6) is 2.70. The van der Waals surface area contributed by atoms with Crippen LogP contribution in [0.3, 0.4) is 0 Å². The maximum absolute atomic E-state index is 5.59. The molecule has 20 heavy (non-hydrogen) atoms. The number of ether oxygens (including phenoxy) is 1. The molecule has 0 bridgehead atoms. The fraction of sp³-hybridized carbons (Fsp3) is 0.467. The molecule has 0 aliphatic rings. The average Bonchev–Trinajstić information content (AvgIpc) is 2.92. The van der Waals surface area contributed by atoms with Gasteiger partial charge in [-0.2, -0.15) is 4.98 Å². The Morgan fingerprint density at radius 2 is 2.25 bits per heavy atom. The van der Waals surface area contributed by atoms with E-state index in [9.17, 15) is 0 Å². The molecule has 0 saturated carbocycles. The van der Waals surface area contributed by atoms with Gasteiger partial charge in [-0.05, 0) is 36.6 Å². The molecule has 108 valence electrons. The molecule has 1 unspecified atom stereocenters. The molecule has 0 aliphatic carbocycles. The van der Waals surface area contributed by atoms with Crippen LogP contribution < -0.4 is 10.5 Å². The Morgan fingerprint density at radius 1 is 1.40 bits per heavy atom. The van der Waals surface area contributed by atoms with Crippen LogP contribution in [0.2, 0.25) is 0 Å². The Labute approximate surface area is 119 Å². The average molecular weight is 275 g/mol. The summed E-state index contributed by atoms with van der Waals surface area (Å²) < 4.78 is 10.5. The summed E-state index contributed by atoms with van der Waals surface area (Å²) in [5, 5.41) is 4.01. The van der Waals surface area contributed by atoms with Gasteiger partial charge in [-0.25, -0.2) is 0 Å². The first-order valence-corrected chi connectivity index (χ1v) is 6.85. The molecule has 0 amide bonds. The van der Waals surface area contributed by atoms with E-state index in [1.165, 1.54) is 0 Å². The van der Waals surface area contributed by atoms with Gasteiger partial charge in [0, 0.05) is 12.8 Å². The van der Waals surface area contributed by atoms with Crippen LogP contribution in [0.15, 0.2) is 28.8 Å². The van der Waals surface area contributed by atoms with Gasteiger partial charge in [0.1, 0.15) is 5.75 Å². The highest BCUT2D eigenvalue weighted by atomic mass is 16.5. The van der Waals surface area contributed by atoms with Crippen LogP contribution in [0.1, 0.15) is 30.6 Å². The van der Waals surface area contributed by atoms with Gasteiger partial charge in [-0.15, -0.1) is 0 Å². The van der Waals surface area contributed by atoms with Gasteiger partial charge in [0.05, 0.1) is 7.11 Å². The van der Waals surface area contributed by atoms with Crippen molar-refractivity contribution < 1.29 is 9.26 Å². The van der Waals surface area contributed by atoms with Crippen molar-refractivity contribution in [2.45, 2.75) is 26.2 Å². The van der Waals surface area contributed by atoms with Gasteiger partial charge in [-0.1, -0.05) is 24.2 Å². The molecular formula is C15H21N3O2. The fourth-order valence-corrected chi connectivity index (χ4v) is 1.92. The first kappa shape index (κ1) is 14.5. The number of aromatic nitrogens is 2. The van der Waals surface area contributed by atoms with Crippen molar-refractivity contribution in [3.8, 4) is 5.75 Å². The molecule has 1 atom stereocenters. The van der Waals surface area contributed by atoms with E-state index in [1.54, 1.807) is 7.11 Å². The third-order valence-corrected chi connectivity index (χ3v) is 3.26. The van der Waals surface area contributed by atoms with Crippen molar-refractivity contribution in [2.24, 2.45) is 11.7 Å². The Morgan fingerprint density at radius 3 is 3.00 bits per heavy atom. The lowest BCUT2D eigenvalue weighted by molar-refractivity contribution is 0.362. The number of benzene rings is 1. The molecule has 1 aromatic carbocycles. The summed E-state index contributed by atoms with van der Waals surface area (Å²) in [6.07, 6.45) is 2.40. The number of hydrogen-bond donors (Lipinski definition) is 1. The molecule has 1 aromatic heterocycles. The molecule has 0 fully saturated rings. The zero-order valence-corrected chi connectivity index (χ0v) is 12.0. The summed E-state index contributed by atoms with van der Waals surface area (Å²) in [4.78, 5) is 4.41. The summed E-state index contributed by atoms with van der Waals surface area (Å²) >= 11 is 0. The molecular weight excluding hydrogens is 254 g/mol. The summed E-state index contributed by atoms with van der Waals surface area (Å²) in [6, 6.07) is 7.87. The normalized spacial score (nSPS) is 12.3. The number of hydrogen-bond acceptors (Lipinski definition) is 5. The molecule has 0 aliphatic heterocycles. The fourth-order valence-electron chi connectivity index (χ4n) is 1.92. The minimum Gasteiger partial charge on any atom is -0.497 e. The lowest BCUT2D eigenvalue weighted by Crippen LogP contribution is -2.11. The smallest absolute Gasteiger partial charge is 0.226 e. The number of aryl methyl sites for hydroxylation is 1. The predicted molar refractivity (Wildman–Crippen MR) is 76.6 cm³/mol. The number of rotatable bonds is 7. The van der Waals surface area contributed by atoms with Crippen LogP contribution in [0.4, 0.5) is 0 Å². The third kappa shape index (κ3) is 4.06. The molecule has 5 nitrogen and oxygen atoms in total. The third-order valence-electron chi connectivity index (χ3n) is 3.26. The van der Waals surface area contributed by atoms with Crippen molar-refractivity contribution in [3.05, 3.63) is 41.5 Å². The predicted octanol–water partition coefficient (Wildman–Crippen LogP) is 2.20. The van der Waals surface area contributed by atoms with E-state index < -0.39 is 0 Å². The van der Waals surface area contributed by atoms with E-state index in [0.717, 1.165) is 24.2 Å². The lowest BCUT2D eigenvalue weighted by atomic mass is 10.1. The Hall–Kier alpha value is -1.88.